The number of ether oxygens (including phenoxy) is 1. The van der Waals surface area contributed by atoms with Gasteiger partial charge in [0.2, 0.25) is 5.91 Å². The zero-order chi connectivity index (χ0) is 28.3. The van der Waals surface area contributed by atoms with E-state index in [9.17, 15) is 33.1 Å². The molecular formula is C26H18F2N2O6S3. The predicted molar refractivity (Wildman–Crippen MR) is 148 cm³/mol. The van der Waals surface area contributed by atoms with E-state index < -0.39 is 29.5 Å². The van der Waals surface area contributed by atoms with Crippen LogP contribution in [0.25, 0.3) is 17.2 Å². The molecule has 0 bridgehead atoms. The zero-order valence-electron chi connectivity index (χ0n) is 20.0. The monoisotopic (exact) mass is 588 g/mol. The number of halogens is 2. The molecule has 2 heterocycles. The fraction of sp³-hybridized carbons (Fsp3) is 0.115. The molecule has 2 amide bonds. The predicted octanol–water partition coefficient (Wildman–Crippen LogP) is 5.55. The van der Waals surface area contributed by atoms with Gasteiger partial charge in [-0.15, -0.1) is 11.3 Å². The largest absolute Gasteiger partial charge is 0.478 e. The van der Waals surface area contributed by atoms with E-state index in [4.69, 9.17) is 17.0 Å². The van der Waals surface area contributed by atoms with E-state index in [0.29, 0.717) is 20.9 Å². The minimum absolute atomic E-state index is 0.00238. The van der Waals surface area contributed by atoms with Crippen LogP contribution < -0.4 is 10.1 Å². The van der Waals surface area contributed by atoms with E-state index in [-0.39, 0.29) is 40.2 Å². The van der Waals surface area contributed by atoms with Crippen molar-refractivity contribution >= 4 is 75.2 Å². The summed E-state index contributed by atoms with van der Waals surface area (Å²) in [5, 5.41) is 13.6. The maximum Gasteiger partial charge on any atom is 0.339 e. The van der Waals surface area contributed by atoms with Crippen LogP contribution in [0.5, 0.6) is 5.75 Å². The lowest BCUT2D eigenvalue weighted by Gasteiger charge is -2.14. The number of aromatic carboxylic acids is 1. The maximum atomic E-state index is 13.6. The lowest BCUT2D eigenvalue weighted by molar-refractivity contribution is -0.132. The Labute approximate surface area is 234 Å². The average molecular weight is 589 g/mol. The number of thioether (sulfide) groups is 1. The second-order valence-corrected chi connectivity index (χ2v) is 10.7. The Morgan fingerprint density at radius 2 is 1.87 bits per heavy atom. The highest BCUT2D eigenvalue weighted by Gasteiger charge is 2.32. The van der Waals surface area contributed by atoms with Gasteiger partial charge in [0.15, 0.2) is 11.6 Å². The minimum atomic E-state index is -1.30. The molecule has 2 N–H and O–H groups in total. The standard InChI is InChI=1S/C26H18F2N2O6S3/c1-13(31)36-21-10-16(3-4-18(21)25(34)35)29-23(32)6-7-30-24(33)22(39-26(30)37)11-17-8-15(12-38-17)14-2-5-19(27)20(28)9-14/h2-5,8-12H,6-7H2,1H3,(H,29,32)(H,34,35)/b22-11-. The molecule has 1 fully saturated rings. The number of rotatable bonds is 8. The van der Waals surface area contributed by atoms with Crippen molar-refractivity contribution in [2.24, 2.45) is 0 Å². The van der Waals surface area contributed by atoms with Gasteiger partial charge in [-0.25, -0.2) is 13.6 Å². The van der Waals surface area contributed by atoms with Crippen LogP contribution in [0.1, 0.15) is 28.6 Å². The molecule has 3 aromatic rings. The van der Waals surface area contributed by atoms with E-state index >= 15 is 0 Å². The van der Waals surface area contributed by atoms with Crippen molar-refractivity contribution in [3.8, 4) is 16.9 Å². The molecule has 1 aliphatic heterocycles. The summed E-state index contributed by atoms with van der Waals surface area (Å²) in [6.45, 7) is 1.12. The number of anilines is 1. The Hall–Kier alpha value is -3.94. The van der Waals surface area contributed by atoms with Crippen molar-refractivity contribution in [3.05, 3.63) is 74.8 Å². The average Bonchev–Trinajstić information content (AvgIpc) is 3.43. The van der Waals surface area contributed by atoms with Gasteiger partial charge in [-0.2, -0.15) is 0 Å². The second kappa shape index (κ2) is 11.8. The van der Waals surface area contributed by atoms with Crippen LogP contribution in [0.15, 0.2) is 52.7 Å². The molecule has 4 rings (SSSR count). The fourth-order valence-electron chi connectivity index (χ4n) is 3.53. The molecular weight excluding hydrogens is 570 g/mol. The first-order valence-corrected chi connectivity index (χ1v) is 13.3. The first-order valence-electron chi connectivity index (χ1n) is 11.2. The number of hydrogen-bond acceptors (Lipinski definition) is 8. The summed E-state index contributed by atoms with van der Waals surface area (Å²) < 4.78 is 32.0. The van der Waals surface area contributed by atoms with E-state index in [1.807, 2.05) is 0 Å². The summed E-state index contributed by atoms with van der Waals surface area (Å²) in [4.78, 5) is 50.4. The number of esters is 1. The Bertz CT molecular complexity index is 1550. The molecule has 39 heavy (non-hydrogen) atoms. The molecule has 0 spiro atoms. The van der Waals surface area contributed by atoms with Gasteiger partial charge in [0, 0.05) is 36.5 Å². The molecule has 2 aromatic carbocycles. The van der Waals surface area contributed by atoms with E-state index in [1.165, 1.54) is 40.5 Å². The number of nitrogens with one attached hydrogen (secondary N) is 1. The Morgan fingerprint density at radius 3 is 2.56 bits per heavy atom. The summed E-state index contributed by atoms with van der Waals surface area (Å²) in [7, 11) is 0. The highest BCUT2D eigenvalue weighted by molar-refractivity contribution is 8.26. The molecule has 200 valence electrons. The number of carboxylic acid groups (broad SMARTS) is 1. The van der Waals surface area contributed by atoms with Gasteiger partial charge >= 0.3 is 11.9 Å². The Balaban J connectivity index is 1.39. The maximum absolute atomic E-state index is 13.6. The highest BCUT2D eigenvalue weighted by atomic mass is 32.2. The quantitative estimate of drug-likeness (QED) is 0.153. The second-order valence-electron chi connectivity index (χ2n) is 8.11. The number of thiophene rings is 1. The van der Waals surface area contributed by atoms with Crippen molar-refractivity contribution in [1.29, 1.82) is 0 Å². The van der Waals surface area contributed by atoms with E-state index in [2.05, 4.69) is 5.32 Å². The normalized spacial score (nSPS) is 14.1. The Kier molecular flexibility index (Phi) is 8.53. The zero-order valence-corrected chi connectivity index (χ0v) is 22.5. The number of carbonyl (C=O) groups is 4. The van der Waals surface area contributed by atoms with Crippen LogP contribution in [-0.4, -0.2) is 44.6 Å². The molecule has 8 nitrogen and oxygen atoms in total. The van der Waals surface area contributed by atoms with Gasteiger partial charge < -0.3 is 15.2 Å². The summed E-state index contributed by atoms with van der Waals surface area (Å²) in [6, 6.07) is 9.14. The summed E-state index contributed by atoms with van der Waals surface area (Å²) >= 11 is 7.72. The molecule has 1 saturated heterocycles. The van der Waals surface area contributed by atoms with Gasteiger partial charge in [-0.3, -0.25) is 19.3 Å². The van der Waals surface area contributed by atoms with Crippen molar-refractivity contribution in [1.82, 2.24) is 4.90 Å². The van der Waals surface area contributed by atoms with Crippen LogP contribution in [-0.2, 0) is 14.4 Å². The number of benzene rings is 2. The molecule has 1 aliphatic rings. The molecule has 13 heteroatoms. The van der Waals surface area contributed by atoms with Crippen LogP contribution in [0, 0.1) is 11.6 Å². The third kappa shape index (κ3) is 6.74. The lowest BCUT2D eigenvalue weighted by atomic mass is 10.1. The van der Waals surface area contributed by atoms with Gasteiger partial charge in [-0.05, 0) is 52.9 Å². The molecule has 0 radical (unpaired) electrons. The first kappa shape index (κ1) is 28.1. The molecule has 1 aromatic heterocycles. The highest BCUT2D eigenvalue weighted by Crippen LogP contribution is 2.35. The number of amides is 2. The van der Waals surface area contributed by atoms with E-state index in [1.54, 1.807) is 17.5 Å². The van der Waals surface area contributed by atoms with Crippen LogP contribution >= 0.6 is 35.3 Å². The topological polar surface area (TPSA) is 113 Å². The molecule has 0 atom stereocenters. The van der Waals surface area contributed by atoms with Gasteiger partial charge in [0.25, 0.3) is 5.91 Å². The van der Waals surface area contributed by atoms with Crippen molar-refractivity contribution < 1.29 is 37.8 Å². The van der Waals surface area contributed by atoms with Crippen molar-refractivity contribution in [3.63, 3.8) is 0 Å². The van der Waals surface area contributed by atoms with Gasteiger partial charge in [0.1, 0.15) is 15.6 Å². The van der Waals surface area contributed by atoms with Crippen LogP contribution in [0.4, 0.5) is 14.5 Å². The molecule has 0 unspecified atom stereocenters. The first-order chi connectivity index (χ1) is 18.5. The van der Waals surface area contributed by atoms with Gasteiger partial charge in [-0.1, -0.05) is 30.0 Å². The molecule has 0 aliphatic carbocycles. The molecule has 0 saturated carbocycles. The van der Waals surface area contributed by atoms with Crippen LogP contribution in [0.2, 0.25) is 0 Å². The number of thiocarbonyl (C=S) groups is 1. The van der Waals surface area contributed by atoms with Crippen molar-refractivity contribution in [2.75, 3.05) is 11.9 Å². The number of carbonyl (C=O) groups excluding carboxylic acids is 3. The Morgan fingerprint density at radius 1 is 1.10 bits per heavy atom. The number of carboxylic acids is 1. The van der Waals surface area contributed by atoms with Crippen molar-refractivity contribution in [2.45, 2.75) is 13.3 Å². The van der Waals surface area contributed by atoms with E-state index in [0.717, 1.165) is 30.8 Å². The van der Waals surface area contributed by atoms with Gasteiger partial charge in [0.05, 0.1) is 4.91 Å². The summed E-state index contributed by atoms with van der Waals surface area (Å²) in [5.41, 5.74) is 1.14. The lowest BCUT2D eigenvalue weighted by Crippen LogP contribution is -2.31. The minimum Gasteiger partial charge on any atom is -0.478 e. The smallest absolute Gasteiger partial charge is 0.339 e. The van der Waals surface area contributed by atoms with Crippen LogP contribution in [0.3, 0.4) is 0 Å². The number of hydrogen-bond donors (Lipinski definition) is 2. The SMILES string of the molecule is CC(=O)Oc1cc(NC(=O)CCN2C(=O)/C(=C/c3cc(-c4ccc(F)c(F)c4)cs3)SC2=S)ccc1C(=O)O. The third-order valence-electron chi connectivity index (χ3n) is 5.33. The number of nitrogens with zero attached hydrogens (tertiary/aromatic N) is 1. The summed E-state index contributed by atoms with van der Waals surface area (Å²) in [6.07, 6.45) is 1.54. The third-order valence-corrected chi connectivity index (χ3v) is 7.59. The fourth-order valence-corrected chi connectivity index (χ4v) is 5.75. The summed E-state index contributed by atoms with van der Waals surface area (Å²) in [5.74, 6) is -4.96.